The number of aliphatic hydroxyl groups is 1. The highest BCUT2D eigenvalue weighted by Crippen LogP contribution is 2.37. The van der Waals surface area contributed by atoms with Crippen molar-refractivity contribution >= 4 is 0 Å². The molecule has 7 heteroatoms. The minimum absolute atomic E-state index is 0.0712. The second-order valence-electron chi connectivity index (χ2n) is 9.83. The minimum Gasteiger partial charge on any atom is -0.438 e. The van der Waals surface area contributed by atoms with Crippen molar-refractivity contribution in [3.05, 3.63) is 71.7 Å². The Morgan fingerprint density at radius 3 is 2.46 bits per heavy atom. The van der Waals surface area contributed by atoms with Crippen LogP contribution in [0.1, 0.15) is 57.7 Å². The fourth-order valence-electron chi connectivity index (χ4n) is 4.17. The molecular formula is C28H36FN3O3. The van der Waals surface area contributed by atoms with Crippen LogP contribution in [0.5, 0.6) is 11.6 Å². The van der Waals surface area contributed by atoms with E-state index in [1.807, 2.05) is 44.2 Å². The third-order valence-corrected chi connectivity index (χ3v) is 6.02. The van der Waals surface area contributed by atoms with Crippen LogP contribution in [0.2, 0.25) is 0 Å². The molecule has 2 aromatic carbocycles. The fourth-order valence-corrected chi connectivity index (χ4v) is 4.17. The number of hydrogen-bond acceptors (Lipinski definition) is 5. The van der Waals surface area contributed by atoms with Crippen LogP contribution < -0.4 is 4.74 Å². The van der Waals surface area contributed by atoms with Gasteiger partial charge in [-0.2, -0.15) is 5.10 Å². The summed E-state index contributed by atoms with van der Waals surface area (Å²) in [5, 5.41) is 15.6. The molecule has 1 atom stereocenters. The molecule has 1 N–H and O–H groups in total. The second-order valence-corrected chi connectivity index (χ2v) is 9.83. The first-order valence-electron chi connectivity index (χ1n) is 12.5. The zero-order chi connectivity index (χ0) is 24.9. The molecule has 6 nitrogen and oxygen atoms in total. The molecular weight excluding hydrogens is 445 g/mol. The van der Waals surface area contributed by atoms with Gasteiger partial charge in [0.2, 0.25) is 5.88 Å². The Hall–Kier alpha value is -2.74. The summed E-state index contributed by atoms with van der Waals surface area (Å²) in [6, 6.07) is 16.4. The van der Waals surface area contributed by atoms with Gasteiger partial charge in [0.15, 0.2) is 0 Å². The van der Waals surface area contributed by atoms with E-state index in [9.17, 15) is 9.50 Å². The normalized spacial score (nSPS) is 14.8. The number of nitrogens with zero attached hydrogens (tertiary/aromatic N) is 3. The highest BCUT2D eigenvalue weighted by molar-refractivity contribution is 5.44. The second kappa shape index (κ2) is 11.3. The lowest BCUT2D eigenvalue weighted by Crippen LogP contribution is -2.36. The zero-order valence-corrected chi connectivity index (χ0v) is 21.0. The number of halogens is 1. The van der Waals surface area contributed by atoms with Gasteiger partial charge in [-0.05, 0) is 56.9 Å². The Balaban J connectivity index is 1.71. The Morgan fingerprint density at radius 2 is 1.83 bits per heavy atom. The number of benzene rings is 2. The van der Waals surface area contributed by atoms with Crippen molar-refractivity contribution < 1.29 is 19.0 Å². The summed E-state index contributed by atoms with van der Waals surface area (Å²) >= 11 is 0. The Labute approximate surface area is 207 Å². The molecule has 1 saturated carbocycles. The van der Waals surface area contributed by atoms with Gasteiger partial charge < -0.3 is 14.6 Å². The maximum absolute atomic E-state index is 14.0. The van der Waals surface area contributed by atoms with Crippen LogP contribution in [-0.2, 0) is 11.3 Å². The number of hydrogen-bond donors (Lipinski definition) is 1. The van der Waals surface area contributed by atoms with Crippen molar-refractivity contribution in [3.63, 3.8) is 0 Å². The van der Waals surface area contributed by atoms with Gasteiger partial charge in [-0.25, -0.2) is 9.07 Å². The van der Waals surface area contributed by atoms with E-state index < -0.39 is 6.10 Å². The summed E-state index contributed by atoms with van der Waals surface area (Å²) in [6.45, 7) is 9.54. The summed E-state index contributed by atoms with van der Waals surface area (Å²) in [6.07, 6.45) is 1.68. The van der Waals surface area contributed by atoms with E-state index in [2.05, 4.69) is 18.7 Å². The van der Waals surface area contributed by atoms with Gasteiger partial charge in [0, 0.05) is 25.2 Å². The van der Waals surface area contributed by atoms with Crippen molar-refractivity contribution in [1.82, 2.24) is 14.7 Å². The van der Waals surface area contributed by atoms with Crippen LogP contribution >= 0.6 is 0 Å². The number of para-hydroxylation sites is 1. The van der Waals surface area contributed by atoms with Crippen molar-refractivity contribution in [2.24, 2.45) is 0 Å². The van der Waals surface area contributed by atoms with Gasteiger partial charge >= 0.3 is 0 Å². The number of ether oxygens (including phenoxy) is 2. The van der Waals surface area contributed by atoms with E-state index in [0.717, 1.165) is 29.8 Å². The average Bonchev–Trinajstić information content (AvgIpc) is 3.61. The van der Waals surface area contributed by atoms with Gasteiger partial charge in [-0.3, -0.25) is 4.90 Å². The van der Waals surface area contributed by atoms with Crippen molar-refractivity contribution in [3.8, 4) is 17.3 Å². The first-order chi connectivity index (χ1) is 16.8. The smallest absolute Gasteiger partial charge is 0.227 e. The maximum Gasteiger partial charge on any atom is 0.227 e. The molecule has 0 amide bonds. The topological polar surface area (TPSA) is 59.8 Å². The van der Waals surface area contributed by atoms with Crippen LogP contribution in [0, 0.1) is 5.82 Å². The van der Waals surface area contributed by atoms with E-state index >= 15 is 0 Å². The van der Waals surface area contributed by atoms with E-state index in [1.165, 1.54) is 12.1 Å². The Kier molecular flexibility index (Phi) is 8.21. The molecule has 1 fully saturated rings. The Bertz CT molecular complexity index is 1100. The molecule has 0 bridgehead atoms. The van der Waals surface area contributed by atoms with Gasteiger partial charge in [-0.15, -0.1) is 0 Å². The average molecular weight is 482 g/mol. The summed E-state index contributed by atoms with van der Waals surface area (Å²) in [4.78, 5) is 2.30. The van der Waals surface area contributed by atoms with Crippen LogP contribution in [-0.4, -0.2) is 51.2 Å². The number of rotatable bonds is 12. The van der Waals surface area contributed by atoms with Gasteiger partial charge in [0.1, 0.15) is 11.6 Å². The third-order valence-electron chi connectivity index (χ3n) is 6.02. The fraction of sp³-hybridized carbons (Fsp3) is 0.464. The third kappa shape index (κ3) is 6.69. The standard InChI is InChI=1S/C28H36FN3O3/c1-19(2)27-26(17-31(22-13-14-22)16-24(33)18-34-20(3)4)28(35-25-12-8-9-21(29)15-25)32(30-27)23-10-6-5-7-11-23/h5-12,15,19-20,22,24,33H,13-14,16-18H2,1-4H3. The lowest BCUT2D eigenvalue weighted by atomic mass is 10.1. The van der Waals surface area contributed by atoms with Crippen LogP contribution in [0.4, 0.5) is 4.39 Å². The van der Waals surface area contributed by atoms with E-state index in [0.29, 0.717) is 37.4 Å². The van der Waals surface area contributed by atoms with Crippen LogP contribution in [0.25, 0.3) is 5.69 Å². The molecule has 4 rings (SSSR count). The molecule has 1 aliphatic rings. The Morgan fingerprint density at radius 1 is 1.09 bits per heavy atom. The number of aromatic nitrogens is 2. The van der Waals surface area contributed by atoms with Gasteiger partial charge in [0.05, 0.1) is 35.8 Å². The molecule has 3 aromatic rings. The molecule has 188 valence electrons. The highest BCUT2D eigenvalue weighted by atomic mass is 19.1. The molecule has 0 aliphatic heterocycles. The van der Waals surface area contributed by atoms with Crippen molar-refractivity contribution in [1.29, 1.82) is 0 Å². The van der Waals surface area contributed by atoms with E-state index in [-0.39, 0.29) is 17.8 Å². The SMILES string of the molecule is CC(C)OCC(O)CN(Cc1c(C(C)C)nn(-c2ccccc2)c1Oc1cccc(F)c1)C1CC1. The summed E-state index contributed by atoms with van der Waals surface area (Å²) in [5.74, 6) is 0.790. The largest absolute Gasteiger partial charge is 0.438 e. The molecule has 1 aromatic heterocycles. The molecule has 0 spiro atoms. The summed E-state index contributed by atoms with van der Waals surface area (Å²) in [7, 11) is 0. The van der Waals surface area contributed by atoms with Crippen LogP contribution in [0.3, 0.4) is 0 Å². The van der Waals surface area contributed by atoms with Crippen LogP contribution in [0.15, 0.2) is 54.6 Å². The predicted octanol–water partition coefficient (Wildman–Crippen LogP) is 5.68. The number of aliphatic hydroxyl groups excluding tert-OH is 1. The summed E-state index contributed by atoms with van der Waals surface area (Å²) < 4.78 is 27.8. The molecule has 1 aliphatic carbocycles. The van der Waals surface area contributed by atoms with Gasteiger partial charge in [-0.1, -0.05) is 38.1 Å². The quantitative estimate of drug-likeness (QED) is 0.361. The van der Waals surface area contributed by atoms with Crippen molar-refractivity contribution in [2.45, 2.75) is 71.2 Å². The zero-order valence-electron chi connectivity index (χ0n) is 21.0. The van der Waals surface area contributed by atoms with E-state index in [4.69, 9.17) is 14.6 Å². The molecule has 0 saturated heterocycles. The summed E-state index contributed by atoms with van der Waals surface area (Å²) in [5.41, 5.74) is 2.76. The predicted molar refractivity (Wildman–Crippen MR) is 135 cm³/mol. The lowest BCUT2D eigenvalue weighted by Gasteiger charge is -2.26. The molecule has 35 heavy (non-hydrogen) atoms. The molecule has 1 heterocycles. The molecule has 0 radical (unpaired) electrons. The monoisotopic (exact) mass is 481 g/mol. The lowest BCUT2D eigenvalue weighted by molar-refractivity contribution is -0.0108. The first kappa shape index (κ1) is 25.4. The van der Waals surface area contributed by atoms with E-state index in [1.54, 1.807) is 16.8 Å². The highest BCUT2D eigenvalue weighted by Gasteiger charge is 2.33. The van der Waals surface area contributed by atoms with Gasteiger partial charge in [0.25, 0.3) is 0 Å². The first-order valence-corrected chi connectivity index (χ1v) is 12.5. The maximum atomic E-state index is 14.0. The minimum atomic E-state index is -0.586. The molecule has 1 unspecified atom stereocenters. The van der Waals surface area contributed by atoms with Crippen molar-refractivity contribution in [2.75, 3.05) is 13.2 Å².